The number of piperazine rings is 1. The normalized spacial score (nSPS) is 18.6. The van der Waals surface area contributed by atoms with E-state index in [4.69, 9.17) is 4.74 Å². The quantitative estimate of drug-likeness (QED) is 0.727. The molecule has 32 heavy (non-hydrogen) atoms. The fraction of sp³-hybridized carbons (Fsp3) is 0.455. The Hall–Kier alpha value is -3.27. The van der Waals surface area contributed by atoms with Crippen LogP contribution in [0.1, 0.15) is 35.2 Å². The van der Waals surface area contributed by atoms with Crippen LogP contribution in [0.15, 0.2) is 18.3 Å². The first-order valence-electron chi connectivity index (χ1n) is 10.7. The van der Waals surface area contributed by atoms with Crippen LogP contribution in [0, 0.1) is 12.7 Å². The maximum atomic E-state index is 15.0. The van der Waals surface area contributed by atoms with Crippen molar-refractivity contribution >= 4 is 23.2 Å². The second kappa shape index (κ2) is 9.07. The lowest BCUT2D eigenvalue weighted by atomic mass is 10.1. The van der Waals surface area contributed by atoms with Gasteiger partial charge in [0.15, 0.2) is 17.7 Å². The highest BCUT2D eigenvalue weighted by atomic mass is 19.1. The number of carbonyl (C=O) groups is 2. The van der Waals surface area contributed by atoms with Crippen molar-refractivity contribution in [1.29, 1.82) is 0 Å². The summed E-state index contributed by atoms with van der Waals surface area (Å²) in [7, 11) is 1.58. The zero-order valence-electron chi connectivity index (χ0n) is 18.4. The first kappa shape index (κ1) is 21.9. The molecule has 0 radical (unpaired) electrons. The summed E-state index contributed by atoms with van der Waals surface area (Å²) in [4.78, 5) is 36.8. The number of halogens is 1. The third-order valence-electron chi connectivity index (χ3n) is 5.84. The zero-order valence-corrected chi connectivity index (χ0v) is 18.4. The highest BCUT2D eigenvalue weighted by molar-refractivity contribution is 5.97. The molecule has 4 rings (SSSR count). The Labute approximate surface area is 186 Å². The number of pyridine rings is 2. The van der Waals surface area contributed by atoms with E-state index in [0.717, 1.165) is 37.6 Å². The number of nitrogens with zero attached hydrogens (tertiary/aromatic N) is 4. The minimum atomic E-state index is -0.619. The molecule has 9 nitrogen and oxygen atoms in total. The number of carbonyl (C=O) groups excluding carboxylic acids is 2. The second-order valence-electron chi connectivity index (χ2n) is 7.91. The van der Waals surface area contributed by atoms with E-state index in [0.29, 0.717) is 18.7 Å². The number of hydrogen-bond donors (Lipinski definition) is 2. The van der Waals surface area contributed by atoms with Crippen LogP contribution in [0.3, 0.4) is 0 Å². The van der Waals surface area contributed by atoms with Crippen molar-refractivity contribution < 1.29 is 18.7 Å². The van der Waals surface area contributed by atoms with Gasteiger partial charge in [0.25, 0.3) is 11.8 Å². The molecule has 0 spiro atoms. The van der Waals surface area contributed by atoms with E-state index in [1.165, 1.54) is 6.20 Å². The number of anilines is 2. The highest BCUT2D eigenvalue weighted by Gasteiger charge is 2.30. The van der Waals surface area contributed by atoms with Crippen molar-refractivity contribution in [1.82, 2.24) is 20.2 Å². The summed E-state index contributed by atoms with van der Waals surface area (Å²) >= 11 is 0. The van der Waals surface area contributed by atoms with E-state index in [9.17, 15) is 9.59 Å². The van der Waals surface area contributed by atoms with Gasteiger partial charge in [-0.3, -0.25) is 19.5 Å². The van der Waals surface area contributed by atoms with Crippen LogP contribution in [0.5, 0.6) is 5.75 Å². The van der Waals surface area contributed by atoms with Crippen molar-refractivity contribution in [2.45, 2.75) is 32.9 Å². The van der Waals surface area contributed by atoms with Crippen LogP contribution in [0.4, 0.5) is 15.8 Å². The summed E-state index contributed by atoms with van der Waals surface area (Å²) in [5.41, 5.74) is 2.52. The molecule has 170 valence electrons. The summed E-state index contributed by atoms with van der Waals surface area (Å²) < 4.78 is 20.6. The first-order valence-corrected chi connectivity index (χ1v) is 10.7. The number of aromatic nitrogens is 2. The van der Waals surface area contributed by atoms with E-state index in [2.05, 4.69) is 30.4 Å². The number of aryl methyl sites for hydroxylation is 1. The second-order valence-corrected chi connectivity index (χ2v) is 7.91. The van der Waals surface area contributed by atoms with E-state index in [1.54, 1.807) is 13.1 Å². The van der Waals surface area contributed by atoms with Gasteiger partial charge in [0.2, 0.25) is 0 Å². The smallest absolute Gasteiger partial charge is 0.269 e. The molecule has 0 aliphatic carbocycles. The average molecular weight is 442 g/mol. The monoisotopic (exact) mass is 442 g/mol. The van der Waals surface area contributed by atoms with Gasteiger partial charge in [-0.15, -0.1) is 0 Å². The molecule has 4 heterocycles. The molecular weight excluding hydrogens is 415 g/mol. The number of rotatable bonds is 5. The Morgan fingerprint density at radius 3 is 2.72 bits per heavy atom. The molecule has 2 aromatic rings. The molecule has 0 aromatic carbocycles. The van der Waals surface area contributed by atoms with E-state index < -0.39 is 11.9 Å². The standard InChI is InChI=1S/C22H27FN6O3/c1-4-17-22(31)27-20-18(32-17)11-25-15(19(20)23)12-28-7-9-29(10-8-28)16-6-5-14(21(30)24-3)26-13(16)2/h5-6,11,17H,4,7-10,12H2,1-3H3,(H,24,30)(H,27,31). The lowest BCUT2D eigenvalue weighted by Gasteiger charge is -2.36. The van der Waals surface area contributed by atoms with Gasteiger partial charge in [-0.05, 0) is 25.5 Å². The van der Waals surface area contributed by atoms with E-state index in [1.807, 2.05) is 19.9 Å². The van der Waals surface area contributed by atoms with Crippen molar-refractivity contribution in [3.8, 4) is 5.75 Å². The predicted octanol–water partition coefficient (Wildman–Crippen LogP) is 1.72. The molecule has 1 fully saturated rings. The van der Waals surface area contributed by atoms with E-state index in [-0.39, 0.29) is 28.9 Å². The Kier molecular flexibility index (Phi) is 6.22. The maximum absolute atomic E-state index is 15.0. The van der Waals surface area contributed by atoms with Crippen LogP contribution in [0.2, 0.25) is 0 Å². The third-order valence-corrected chi connectivity index (χ3v) is 5.84. The Morgan fingerprint density at radius 2 is 2.06 bits per heavy atom. The average Bonchev–Trinajstić information content (AvgIpc) is 2.81. The summed E-state index contributed by atoms with van der Waals surface area (Å²) in [5, 5.41) is 5.20. The van der Waals surface area contributed by atoms with Gasteiger partial charge in [0.05, 0.1) is 23.3 Å². The molecule has 0 bridgehead atoms. The van der Waals surface area contributed by atoms with Crippen molar-refractivity contribution in [2.24, 2.45) is 0 Å². The lowest BCUT2D eigenvalue weighted by molar-refractivity contribution is -0.123. The molecule has 1 unspecified atom stereocenters. The highest BCUT2D eigenvalue weighted by Crippen LogP contribution is 2.33. The molecule has 2 aliphatic rings. The van der Waals surface area contributed by atoms with Gasteiger partial charge in [0.1, 0.15) is 11.4 Å². The predicted molar refractivity (Wildman–Crippen MR) is 117 cm³/mol. The molecule has 1 saturated heterocycles. The Bertz CT molecular complexity index is 1040. The molecular formula is C22H27FN6O3. The molecule has 2 amide bonds. The number of amides is 2. The van der Waals surface area contributed by atoms with Crippen LogP contribution >= 0.6 is 0 Å². The number of hydrogen-bond acceptors (Lipinski definition) is 7. The van der Waals surface area contributed by atoms with Crippen LogP contribution in [-0.4, -0.2) is 66.0 Å². The van der Waals surface area contributed by atoms with E-state index >= 15 is 4.39 Å². The molecule has 2 aromatic heterocycles. The van der Waals surface area contributed by atoms with Crippen LogP contribution in [0.25, 0.3) is 0 Å². The maximum Gasteiger partial charge on any atom is 0.269 e. The minimum absolute atomic E-state index is 0.0706. The summed E-state index contributed by atoms with van der Waals surface area (Å²) in [6.07, 6.45) is 1.36. The van der Waals surface area contributed by atoms with Crippen LogP contribution < -0.4 is 20.3 Å². The Morgan fingerprint density at radius 1 is 1.31 bits per heavy atom. The summed E-state index contributed by atoms with van der Waals surface area (Å²) in [6.45, 7) is 6.98. The molecule has 10 heteroatoms. The van der Waals surface area contributed by atoms with Crippen molar-refractivity contribution in [3.63, 3.8) is 0 Å². The Balaban J connectivity index is 1.40. The van der Waals surface area contributed by atoms with Gasteiger partial charge in [-0.2, -0.15) is 0 Å². The zero-order chi connectivity index (χ0) is 22.8. The van der Waals surface area contributed by atoms with Gasteiger partial charge in [-0.25, -0.2) is 9.37 Å². The molecule has 0 saturated carbocycles. The number of nitrogens with one attached hydrogen (secondary N) is 2. The number of ether oxygens (including phenoxy) is 1. The SMILES string of the molecule is CCC1Oc2cnc(CN3CCN(c4ccc(C(=O)NC)nc4C)CC3)c(F)c2NC1=O. The fourth-order valence-corrected chi connectivity index (χ4v) is 4.01. The first-order chi connectivity index (χ1) is 15.4. The van der Waals surface area contributed by atoms with Gasteiger partial charge in [0, 0.05) is 39.8 Å². The van der Waals surface area contributed by atoms with Crippen molar-refractivity contribution in [2.75, 3.05) is 43.4 Å². The third kappa shape index (κ3) is 4.22. The minimum Gasteiger partial charge on any atom is -0.477 e. The molecule has 1 atom stereocenters. The lowest BCUT2D eigenvalue weighted by Crippen LogP contribution is -2.46. The summed E-state index contributed by atoms with van der Waals surface area (Å²) in [6, 6.07) is 3.64. The van der Waals surface area contributed by atoms with Gasteiger partial charge >= 0.3 is 0 Å². The van der Waals surface area contributed by atoms with Gasteiger partial charge in [-0.1, -0.05) is 6.92 Å². The van der Waals surface area contributed by atoms with Crippen LogP contribution in [-0.2, 0) is 11.3 Å². The fourth-order valence-electron chi connectivity index (χ4n) is 4.01. The van der Waals surface area contributed by atoms with Gasteiger partial charge < -0.3 is 20.3 Å². The summed E-state index contributed by atoms with van der Waals surface area (Å²) in [5.74, 6) is -0.824. The van der Waals surface area contributed by atoms with Crippen molar-refractivity contribution in [3.05, 3.63) is 41.2 Å². The molecule has 2 N–H and O–H groups in total. The largest absolute Gasteiger partial charge is 0.477 e. The molecule has 2 aliphatic heterocycles. The number of fused-ring (bicyclic) bond motifs is 1. The topological polar surface area (TPSA) is 99.7 Å².